The van der Waals surface area contributed by atoms with E-state index in [0.717, 1.165) is 44.5 Å². The molecule has 0 aliphatic carbocycles. The van der Waals surface area contributed by atoms with Crippen molar-refractivity contribution in [3.05, 3.63) is 139 Å². The summed E-state index contributed by atoms with van der Waals surface area (Å²) in [5.74, 6) is 1.03. The molecule has 0 spiro atoms. The molecule has 0 saturated heterocycles. The molecule has 4 aromatic rings. The van der Waals surface area contributed by atoms with Gasteiger partial charge in [0.2, 0.25) is 0 Å². The Kier molecular flexibility index (Phi) is 17.1. The fourth-order valence-electron chi connectivity index (χ4n) is 9.04. The monoisotopic (exact) mass is 778 g/mol. The molecule has 0 radical (unpaired) electrons. The van der Waals surface area contributed by atoms with Crippen LogP contribution in [0.5, 0.6) is 5.75 Å². The van der Waals surface area contributed by atoms with Crippen LogP contribution in [0, 0.1) is 6.92 Å². The molecular formula is C53H70OSi2. The van der Waals surface area contributed by atoms with Gasteiger partial charge in [0.05, 0.1) is 6.61 Å². The van der Waals surface area contributed by atoms with Crippen LogP contribution in [0.15, 0.2) is 134 Å². The number of unbranched alkanes of at least 4 members (excludes halogenated alkanes) is 5. The van der Waals surface area contributed by atoms with Gasteiger partial charge in [-0.3, -0.25) is 0 Å². The van der Waals surface area contributed by atoms with Crippen molar-refractivity contribution in [2.45, 2.75) is 130 Å². The summed E-state index contributed by atoms with van der Waals surface area (Å²) in [5, 5.41) is 6.46. The largest absolute Gasteiger partial charge is 0.494 e. The molecule has 0 saturated carbocycles. The van der Waals surface area contributed by atoms with Gasteiger partial charge in [0.1, 0.15) is 21.9 Å². The Labute approximate surface area is 343 Å². The molecule has 0 fully saturated rings. The summed E-state index contributed by atoms with van der Waals surface area (Å²) in [7, 11) is -3.60. The minimum absolute atomic E-state index is 0.826. The highest BCUT2D eigenvalue weighted by Crippen LogP contribution is 2.36. The van der Waals surface area contributed by atoms with Crippen LogP contribution in [0.4, 0.5) is 0 Å². The maximum Gasteiger partial charge on any atom is 0.127 e. The zero-order valence-corrected chi connectivity index (χ0v) is 37.7. The molecule has 56 heavy (non-hydrogen) atoms. The lowest BCUT2D eigenvalue weighted by atomic mass is 10.0. The van der Waals surface area contributed by atoms with Gasteiger partial charge in [-0.1, -0.05) is 194 Å². The van der Waals surface area contributed by atoms with Crippen molar-refractivity contribution in [1.29, 1.82) is 0 Å². The van der Waals surface area contributed by atoms with E-state index in [-0.39, 0.29) is 0 Å². The predicted molar refractivity (Wildman–Crippen MR) is 254 cm³/mol. The smallest absolute Gasteiger partial charge is 0.127 e. The number of ether oxygens (including phenoxy) is 1. The van der Waals surface area contributed by atoms with Crippen LogP contribution in [0.2, 0.25) is 24.2 Å². The number of hydrogen-bond acceptors (Lipinski definition) is 1. The lowest BCUT2D eigenvalue weighted by molar-refractivity contribution is 0.304. The van der Waals surface area contributed by atoms with E-state index in [9.17, 15) is 0 Å². The molecule has 2 aliphatic rings. The maximum atomic E-state index is 6.24. The SMILES string of the molecule is CC/C=C/C[Si]1(C/C=C/CC)c2ccccc2-c2ccccc21.CC/C=C\C[Si]1(C/C=C\CC)c2ccc(C)cc2-c2cc(OCCCCCCCC)ccc21. The van der Waals surface area contributed by atoms with Gasteiger partial charge < -0.3 is 4.74 Å². The summed E-state index contributed by atoms with van der Waals surface area (Å²) in [5.41, 5.74) is 7.18. The molecule has 0 atom stereocenters. The number of hydrogen-bond donors (Lipinski definition) is 0. The van der Waals surface area contributed by atoms with Crippen molar-refractivity contribution in [2.24, 2.45) is 0 Å². The molecule has 1 nitrogen and oxygen atoms in total. The quantitative estimate of drug-likeness (QED) is 0.0493. The van der Waals surface area contributed by atoms with Crippen molar-refractivity contribution in [1.82, 2.24) is 0 Å². The molecular weight excluding hydrogens is 709 g/mol. The van der Waals surface area contributed by atoms with Crippen LogP contribution in [0.25, 0.3) is 22.3 Å². The summed E-state index contributed by atoms with van der Waals surface area (Å²) < 4.78 is 6.24. The fourth-order valence-corrected chi connectivity index (χ4v) is 18.5. The first-order chi connectivity index (χ1) is 27.5. The molecule has 0 unspecified atom stereocenters. The predicted octanol–water partition coefficient (Wildman–Crippen LogP) is 13.4. The molecule has 2 aliphatic heterocycles. The topological polar surface area (TPSA) is 9.23 Å². The highest BCUT2D eigenvalue weighted by molar-refractivity contribution is 7.06. The van der Waals surface area contributed by atoms with Crippen molar-refractivity contribution >= 4 is 36.9 Å². The van der Waals surface area contributed by atoms with Crippen LogP contribution in [0.3, 0.4) is 0 Å². The van der Waals surface area contributed by atoms with Crippen LogP contribution in [-0.2, 0) is 0 Å². The normalized spacial score (nSPS) is 14.6. The van der Waals surface area contributed by atoms with E-state index in [1.807, 2.05) is 0 Å². The molecule has 0 bridgehead atoms. The van der Waals surface area contributed by atoms with Gasteiger partial charge in [0.25, 0.3) is 0 Å². The Morgan fingerprint density at radius 2 is 0.857 bits per heavy atom. The van der Waals surface area contributed by atoms with E-state index < -0.39 is 16.1 Å². The Bertz CT molecular complexity index is 1870. The Balaban J connectivity index is 0.000000228. The van der Waals surface area contributed by atoms with Gasteiger partial charge in [0.15, 0.2) is 0 Å². The first kappa shape index (κ1) is 43.2. The molecule has 0 N–H and O–H groups in total. The fraction of sp³-hybridized carbons (Fsp3) is 0.396. The second-order valence-electron chi connectivity index (χ2n) is 16.0. The summed E-state index contributed by atoms with van der Waals surface area (Å²) in [4.78, 5) is 0. The molecule has 6 rings (SSSR count). The minimum Gasteiger partial charge on any atom is -0.494 e. The molecule has 296 valence electrons. The second kappa shape index (κ2) is 22.1. The van der Waals surface area contributed by atoms with Gasteiger partial charge in [0, 0.05) is 0 Å². The van der Waals surface area contributed by atoms with E-state index in [0.29, 0.717) is 0 Å². The Hall–Kier alpha value is -3.93. The average Bonchev–Trinajstić information content (AvgIpc) is 3.64. The number of aryl methyl sites for hydroxylation is 1. The van der Waals surface area contributed by atoms with Gasteiger partial charge in [-0.15, -0.1) is 0 Å². The van der Waals surface area contributed by atoms with E-state index in [1.165, 1.54) is 84.1 Å². The van der Waals surface area contributed by atoms with Gasteiger partial charge in [-0.2, -0.15) is 0 Å². The number of benzene rings is 4. The van der Waals surface area contributed by atoms with E-state index >= 15 is 0 Å². The van der Waals surface area contributed by atoms with Gasteiger partial charge >= 0.3 is 0 Å². The van der Waals surface area contributed by atoms with Gasteiger partial charge in [-0.25, -0.2) is 0 Å². The molecule has 3 heteroatoms. The van der Waals surface area contributed by atoms with E-state index in [1.54, 1.807) is 20.7 Å². The summed E-state index contributed by atoms with van der Waals surface area (Å²) in [6.07, 6.45) is 31.4. The zero-order valence-electron chi connectivity index (χ0n) is 35.7. The third-order valence-electron chi connectivity index (χ3n) is 11.9. The highest BCUT2D eigenvalue weighted by Gasteiger charge is 2.44. The van der Waals surface area contributed by atoms with Crippen molar-refractivity contribution in [3.8, 4) is 28.0 Å². The Morgan fingerprint density at radius 1 is 0.429 bits per heavy atom. The number of rotatable bonds is 20. The average molecular weight is 779 g/mol. The summed E-state index contributed by atoms with van der Waals surface area (Å²) in [6, 6.07) is 37.2. The van der Waals surface area contributed by atoms with Crippen LogP contribution >= 0.6 is 0 Å². The van der Waals surface area contributed by atoms with Gasteiger partial charge in [-0.05, 0) is 118 Å². The molecule has 0 amide bonds. The Morgan fingerprint density at radius 3 is 1.36 bits per heavy atom. The standard InChI is InChI=1S/C31H44OSi.C22H26Si/c1-5-8-11-12-13-14-21-32-27-18-20-31-29(25-27)28-24-26(4)17-19-30(28)33(31,22-15-9-6-2)23-16-10-7-3;1-3-5-11-17-23(18-12-6-4-2)21-15-9-7-13-19(21)20-14-8-10-16-22(20)23/h9-10,15-20,24-25H,5-8,11-14,21-23H2,1-4H3;5-16H,3-4,17-18H2,1-2H3/b15-9-,16-10-;11-5+,12-6+. The third-order valence-corrected chi connectivity index (χ3v) is 21.5. The minimum atomic E-state index is -1.88. The van der Waals surface area contributed by atoms with E-state index in [4.69, 9.17) is 4.74 Å². The van der Waals surface area contributed by atoms with Crippen LogP contribution in [0.1, 0.15) is 104 Å². The van der Waals surface area contributed by atoms with Crippen LogP contribution in [-0.4, -0.2) is 22.8 Å². The van der Waals surface area contributed by atoms with Crippen molar-refractivity contribution in [3.63, 3.8) is 0 Å². The lowest BCUT2D eigenvalue weighted by Gasteiger charge is -2.28. The lowest BCUT2D eigenvalue weighted by Crippen LogP contribution is -2.54. The molecule has 0 aromatic heterocycles. The molecule has 2 heterocycles. The first-order valence-corrected chi connectivity index (χ1v) is 27.0. The summed E-state index contributed by atoms with van der Waals surface area (Å²) in [6.45, 7) is 14.2. The van der Waals surface area contributed by atoms with Crippen molar-refractivity contribution in [2.75, 3.05) is 6.61 Å². The summed E-state index contributed by atoms with van der Waals surface area (Å²) >= 11 is 0. The first-order valence-electron chi connectivity index (χ1n) is 22.2. The zero-order chi connectivity index (χ0) is 39.6. The van der Waals surface area contributed by atoms with Crippen molar-refractivity contribution < 1.29 is 4.74 Å². The molecule has 4 aromatic carbocycles. The maximum absolute atomic E-state index is 6.24. The van der Waals surface area contributed by atoms with E-state index in [2.05, 4.69) is 175 Å². The number of allylic oxidation sites excluding steroid dienone is 8. The highest BCUT2D eigenvalue weighted by atomic mass is 28.3. The third kappa shape index (κ3) is 10.1. The number of fused-ring (bicyclic) bond motifs is 6. The van der Waals surface area contributed by atoms with Crippen LogP contribution < -0.4 is 25.5 Å². The second-order valence-corrected chi connectivity index (χ2v) is 24.1.